The second kappa shape index (κ2) is 10.4. The average molecular weight is 435 g/mol. The molecule has 6 aromatic rings. The molecule has 0 radical (unpaired) electrons. The fourth-order valence-electron chi connectivity index (χ4n) is 4.45. The summed E-state index contributed by atoms with van der Waals surface area (Å²) < 4.78 is 4.87. The van der Waals surface area contributed by atoms with Gasteiger partial charge in [0.1, 0.15) is 6.67 Å². The zero-order chi connectivity index (χ0) is 23.2. The molecule has 0 fully saturated rings. The van der Waals surface area contributed by atoms with Crippen molar-refractivity contribution in [3.05, 3.63) is 97.1 Å². The topological polar surface area (TPSA) is 9.86 Å². The van der Waals surface area contributed by atoms with Crippen molar-refractivity contribution >= 4 is 43.6 Å². The smallest absolute Gasteiger partial charge is 0.100 e. The molecule has 0 spiro atoms. The van der Waals surface area contributed by atoms with E-state index in [2.05, 4.69) is 134 Å². The molecule has 2 heterocycles. The summed E-state index contributed by atoms with van der Waals surface area (Å²) in [5.41, 5.74) is 5.11. The lowest BCUT2D eigenvalue weighted by Gasteiger charge is -2.12. The summed E-state index contributed by atoms with van der Waals surface area (Å²) in [6.07, 6.45) is 2.50. The average Bonchev–Trinajstić information content (AvgIpc) is 3.34. The van der Waals surface area contributed by atoms with Crippen LogP contribution in [0, 0.1) is 0 Å². The Morgan fingerprint density at radius 2 is 0.606 bits per heavy atom. The monoisotopic (exact) mass is 434 g/mol. The molecule has 2 heteroatoms. The molecule has 0 saturated carbocycles. The van der Waals surface area contributed by atoms with Crippen LogP contribution in [0.25, 0.3) is 43.6 Å². The van der Waals surface area contributed by atoms with Crippen molar-refractivity contribution in [1.82, 2.24) is 9.13 Å². The van der Waals surface area contributed by atoms with E-state index < -0.39 is 0 Å². The van der Waals surface area contributed by atoms with Gasteiger partial charge < -0.3 is 9.13 Å². The van der Waals surface area contributed by atoms with Gasteiger partial charge in [0.15, 0.2) is 0 Å². The summed E-state index contributed by atoms with van der Waals surface area (Å²) in [4.78, 5) is 0. The zero-order valence-corrected chi connectivity index (χ0v) is 20.3. The number of fused-ring (bicyclic) bond motifs is 6. The van der Waals surface area contributed by atoms with Gasteiger partial charge in [0.2, 0.25) is 0 Å². The van der Waals surface area contributed by atoms with Crippen molar-refractivity contribution in [2.75, 3.05) is 0 Å². The van der Waals surface area contributed by atoms with Gasteiger partial charge in [-0.3, -0.25) is 0 Å². The molecule has 6 rings (SSSR count). The molecule has 33 heavy (non-hydrogen) atoms. The number of hydrogen-bond donors (Lipinski definition) is 0. The van der Waals surface area contributed by atoms with Crippen molar-refractivity contribution < 1.29 is 0 Å². The fourth-order valence-corrected chi connectivity index (χ4v) is 4.45. The Hall–Kier alpha value is -3.52. The Labute approximate surface area is 197 Å². The van der Waals surface area contributed by atoms with E-state index in [1.54, 1.807) is 0 Å². The molecular formula is C31H34N2. The van der Waals surface area contributed by atoms with Gasteiger partial charge in [0, 0.05) is 21.5 Å². The zero-order valence-electron chi connectivity index (χ0n) is 20.3. The largest absolute Gasteiger partial charge is 0.322 e. The van der Waals surface area contributed by atoms with Crippen LogP contribution < -0.4 is 0 Å². The van der Waals surface area contributed by atoms with Gasteiger partial charge in [-0.2, -0.15) is 0 Å². The first-order valence-electron chi connectivity index (χ1n) is 12.2. The van der Waals surface area contributed by atoms with Crippen molar-refractivity contribution in [2.45, 2.75) is 47.2 Å². The maximum atomic E-state index is 2.43. The first-order chi connectivity index (χ1) is 16.2. The van der Waals surface area contributed by atoms with Crippen LogP contribution in [0.15, 0.2) is 97.1 Å². The van der Waals surface area contributed by atoms with Gasteiger partial charge in [0.25, 0.3) is 0 Å². The molecule has 0 saturated heterocycles. The van der Waals surface area contributed by atoms with E-state index in [4.69, 9.17) is 0 Å². The molecule has 0 aliphatic carbocycles. The summed E-state index contributed by atoms with van der Waals surface area (Å²) in [5.74, 6) is 0. The van der Waals surface area contributed by atoms with Crippen LogP contribution in [-0.4, -0.2) is 9.13 Å². The molecule has 2 nitrogen and oxygen atoms in total. The van der Waals surface area contributed by atoms with E-state index in [-0.39, 0.29) is 0 Å². The van der Waals surface area contributed by atoms with E-state index in [0.29, 0.717) is 0 Å². The summed E-state index contributed by atoms with van der Waals surface area (Å²) >= 11 is 0. The molecule has 2 aromatic heterocycles. The third-order valence-corrected chi connectivity index (χ3v) is 5.64. The Morgan fingerprint density at radius 3 is 0.848 bits per heavy atom. The second-order valence-corrected chi connectivity index (χ2v) is 8.48. The van der Waals surface area contributed by atoms with Crippen LogP contribution in [0.5, 0.6) is 0 Å². The molecule has 0 amide bonds. The molecule has 0 aliphatic rings. The van der Waals surface area contributed by atoms with Gasteiger partial charge >= 0.3 is 0 Å². The molecule has 168 valence electrons. The quantitative estimate of drug-likeness (QED) is 0.257. The molecule has 4 aromatic carbocycles. The van der Waals surface area contributed by atoms with Crippen molar-refractivity contribution in [3.8, 4) is 0 Å². The van der Waals surface area contributed by atoms with E-state index in [0.717, 1.165) is 6.67 Å². The van der Waals surface area contributed by atoms with E-state index in [1.165, 1.54) is 56.5 Å². The second-order valence-electron chi connectivity index (χ2n) is 8.48. The third kappa shape index (κ3) is 4.26. The highest BCUT2D eigenvalue weighted by Crippen LogP contribution is 2.32. The van der Waals surface area contributed by atoms with Gasteiger partial charge in [-0.15, -0.1) is 0 Å². The highest BCUT2D eigenvalue weighted by Gasteiger charge is 2.13. The number of benzene rings is 4. The van der Waals surface area contributed by atoms with Crippen LogP contribution in [0.2, 0.25) is 0 Å². The summed E-state index contributed by atoms with van der Waals surface area (Å²) in [5, 5.41) is 5.26. The number of nitrogens with zero attached hydrogens (tertiary/aromatic N) is 2. The Balaban J connectivity index is 0.000000394. The van der Waals surface area contributed by atoms with E-state index >= 15 is 0 Å². The van der Waals surface area contributed by atoms with Crippen LogP contribution >= 0.6 is 0 Å². The maximum absolute atomic E-state index is 2.43. The van der Waals surface area contributed by atoms with Gasteiger partial charge in [-0.25, -0.2) is 0 Å². The van der Waals surface area contributed by atoms with Gasteiger partial charge in [-0.05, 0) is 24.3 Å². The van der Waals surface area contributed by atoms with Crippen molar-refractivity contribution in [3.63, 3.8) is 0 Å². The molecule has 0 unspecified atom stereocenters. The fraction of sp³-hybridized carbons (Fsp3) is 0.226. The number of hydrogen-bond acceptors (Lipinski definition) is 0. The lowest BCUT2D eigenvalue weighted by molar-refractivity contribution is 0.682. The summed E-state index contributed by atoms with van der Waals surface area (Å²) in [6.45, 7) is 9.29. The predicted octanol–water partition coefficient (Wildman–Crippen LogP) is 9.24. The standard InChI is InChI=1S/C25H18N2.2C3H8/c1-5-13-22-18(9-1)19-10-2-6-14-23(19)26(22)17-27-24-15-7-3-11-20(24)21-12-4-8-16-25(21)27;2*1-3-2/h1-16H,17H2;2*3H2,1-2H3. The lowest BCUT2D eigenvalue weighted by Crippen LogP contribution is -2.07. The van der Waals surface area contributed by atoms with Crippen molar-refractivity contribution in [1.29, 1.82) is 0 Å². The molecule has 0 N–H and O–H groups in total. The first kappa shape index (κ1) is 22.7. The minimum absolute atomic E-state index is 0.794. The minimum atomic E-state index is 0.794. The Bertz CT molecular complexity index is 1260. The van der Waals surface area contributed by atoms with Crippen LogP contribution in [0.1, 0.15) is 40.5 Å². The summed E-state index contributed by atoms with van der Waals surface area (Å²) in [7, 11) is 0. The number of rotatable bonds is 2. The third-order valence-electron chi connectivity index (χ3n) is 5.64. The number of para-hydroxylation sites is 4. The SMILES string of the molecule is CCC.CCC.c1ccc2c(c1)c1ccccc1n2Cn1c2ccccc2c2ccccc21. The van der Waals surface area contributed by atoms with Crippen molar-refractivity contribution in [2.24, 2.45) is 0 Å². The van der Waals surface area contributed by atoms with Crippen LogP contribution in [0.4, 0.5) is 0 Å². The van der Waals surface area contributed by atoms with Crippen LogP contribution in [0.3, 0.4) is 0 Å². The number of aromatic nitrogens is 2. The summed E-state index contributed by atoms with van der Waals surface area (Å²) in [6, 6.07) is 34.8. The highest BCUT2D eigenvalue weighted by molar-refractivity contribution is 6.09. The minimum Gasteiger partial charge on any atom is -0.322 e. The Kier molecular flexibility index (Phi) is 7.14. The molecule has 0 bridgehead atoms. The van der Waals surface area contributed by atoms with Gasteiger partial charge in [-0.1, -0.05) is 113 Å². The highest BCUT2D eigenvalue weighted by atomic mass is 15.2. The Morgan fingerprint density at radius 1 is 0.394 bits per heavy atom. The molecule has 0 atom stereocenters. The van der Waals surface area contributed by atoms with Crippen LogP contribution in [-0.2, 0) is 6.67 Å². The van der Waals surface area contributed by atoms with E-state index in [1.807, 2.05) is 0 Å². The first-order valence-corrected chi connectivity index (χ1v) is 12.2. The molecule has 0 aliphatic heterocycles. The molecular weight excluding hydrogens is 400 g/mol. The maximum Gasteiger partial charge on any atom is 0.100 e. The lowest BCUT2D eigenvalue weighted by atomic mass is 10.2. The normalized spacial score (nSPS) is 10.8. The van der Waals surface area contributed by atoms with Gasteiger partial charge in [0.05, 0.1) is 22.1 Å². The van der Waals surface area contributed by atoms with E-state index in [9.17, 15) is 0 Å². The predicted molar refractivity (Wildman–Crippen MR) is 146 cm³/mol.